The van der Waals surface area contributed by atoms with Gasteiger partial charge in [0.25, 0.3) is 5.56 Å². The van der Waals surface area contributed by atoms with Crippen LogP contribution in [0.1, 0.15) is 5.82 Å². The molecule has 2 aromatic rings. The zero-order valence-electron chi connectivity index (χ0n) is 8.57. The Labute approximate surface area is 105 Å². The van der Waals surface area contributed by atoms with Crippen LogP contribution in [0.25, 0.3) is 0 Å². The van der Waals surface area contributed by atoms with E-state index in [-0.39, 0.29) is 5.56 Å². The van der Waals surface area contributed by atoms with Crippen LogP contribution in [-0.4, -0.2) is 19.5 Å². The Morgan fingerprint density at radius 3 is 3.06 bits per heavy atom. The van der Waals surface area contributed by atoms with Gasteiger partial charge >= 0.3 is 0 Å². The molecule has 16 heavy (non-hydrogen) atoms. The van der Waals surface area contributed by atoms with Crippen LogP contribution in [0.4, 0.5) is 5.82 Å². The highest BCUT2D eigenvalue weighted by Crippen LogP contribution is 2.09. The smallest absolute Gasteiger partial charge is 0.266 e. The largest absolute Gasteiger partial charge is 0.362 e. The monoisotopic (exact) mass is 331 g/mol. The molecule has 0 spiro atoms. The van der Waals surface area contributed by atoms with Gasteiger partial charge < -0.3 is 14.9 Å². The number of imidazole rings is 1. The maximum Gasteiger partial charge on any atom is 0.266 e. The van der Waals surface area contributed by atoms with E-state index in [2.05, 4.69) is 20.3 Å². The number of hydrogen-bond acceptors (Lipinski definition) is 4. The Morgan fingerprint density at radius 1 is 1.56 bits per heavy atom. The quantitative estimate of drug-likeness (QED) is 0.813. The summed E-state index contributed by atoms with van der Waals surface area (Å²) in [6.07, 6.45) is 4.98. The predicted molar refractivity (Wildman–Crippen MR) is 68.1 cm³/mol. The number of H-pyrrole nitrogens is 1. The molecule has 0 aromatic carbocycles. The van der Waals surface area contributed by atoms with Crippen LogP contribution in [0.2, 0.25) is 0 Å². The minimum absolute atomic E-state index is 0.141. The number of aryl methyl sites for hydroxylation is 1. The number of nitrogens with one attached hydrogen (secondary N) is 2. The van der Waals surface area contributed by atoms with Gasteiger partial charge in [0.15, 0.2) is 0 Å². The fourth-order valence-corrected chi connectivity index (χ4v) is 1.72. The third-order valence-corrected chi connectivity index (χ3v) is 3.13. The van der Waals surface area contributed by atoms with Gasteiger partial charge in [-0.15, -0.1) is 0 Å². The van der Waals surface area contributed by atoms with Crippen molar-refractivity contribution in [3.05, 3.63) is 38.5 Å². The van der Waals surface area contributed by atoms with E-state index >= 15 is 0 Å². The number of hydrogen-bond donors (Lipinski definition) is 2. The average molecular weight is 331 g/mol. The van der Waals surface area contributed by atoms with E-state index < -0.39 is 0 Å². The molecule has 0 amide bonds. The summed E-state index contributed by atoms with van der Waals surface area (Å²) >= 11 is 1.96. The number of nitrogens with zero attached hydrogens (tertiary/aromatic N) is 3. The molecular formula is C9H10IN5O. The SMILES string of the molecule is Cn1ccnc1CNc1nc[nH]c(=O)c1I. The van der Waals surface area contributed by atoms with Gasteiger partial charge in [-0.2, -0.15) is 0 Å². The molecule has 0 saturated carbocycles. The number of aromatic nitrogens is 4. The average Bonchev–Trinajstić information content (AvgIpc) is 2.67. The lowest BCUT2D eigenvalue weighted by Gasteiger charge is -2.06. The van der Waals surface area contributed by atoms with E-state index in [0.717, 1.165) is 5.82 Å². The van der Waals surface area contributed by atoms with Gasteiger partial charge in [0.2, 0.25) is 0 Å². The van der Waals surface area contributed by atoms with Crippen molar-refractivity contribution in [3.8, 4) is 0 Å². The predicted octanol–water partition coefficient (Wildman–Crippen LogP) is 0.720. The van der Waals surface area contributed by atoms with Gasteiger partial charge in [0, 0.05) is 19.4 Å². The second kappa shape index (κ2) is 4.64. The fourth-order valence-electron chi connectivity index (χ4n) is 1.24. The van der Waals surface area contributed by atoms with E-state index in [1.165, 1.54) is 6.33 Å². The summed E-state index contributed by atoms with van der Waals surface area (Å²) < 4.78 is 2.46. The molecule has 7 heteroatoms. The minimum Gasteiger partial charge on any atom is -0.362 e. The molecule has 2 heterocycles. The molecule has 0 aliphatic rings. The molecule has 2 aromatic heterocycles. The molecule has 6 nitrogen and oxygen atoms in total. The molecule has 0 saturated heterocycles. The van der Waals surface area contributed by atoms with Crippen LogP contribution >= 0.6 is 22.6 Å². The van der Waals surface area contributed by atoms with Crippen molar-refractivity contribution in [2.24, 2.45) is 7.05 Å². The van der Waals surface area contributed by atoms with Crippen molar-refractivity contribution in [1.29, 1.82) is 0 Å². The summed E-state index contributed by atoms with van der Waals surface area (Å²) in [5, 5.41) is 3.08. The van der Waals surface area contributed by atoms with E-state index in [0.29, 0.717) is 15.9 Å². The highest BCUT2D eigenvalue weighted by Gasteiger charge is 2.05. The second-order valence-corrected chi connectivity index (χ2v) is 4.28. The van der Waals surface area contributed by atoms with Crippen LogP contribution in [0, 0.1) is 3.57 Å². The zero-order chi connectivity index (χ0) is 11.5. The van der Waals surface area contributed by atoms with Crippen molar-refractivity contribution in [2.45, 2.75) is 6.54 Å². The van der Waals surface area contributed by atoms with Gasteiger partial charge in [-0.3, -0.25) is 4.79 Å². The summed E-state index contributed by atoms with van der Waals surface area (Å²) in [6.45, 7) is 0.538. The molecule has 0 atom stereocenters. The molecule has 0 aliphatic heterocycles. The maximum absolute atomic E-state index is 11.3. The van der Waals surface area contributed by atoms with Crippen LogP contribution in [0.3, 0.4) is 0 Å². The first kappa shape index (κ1) is 11.1. The van der Waals surface area contributed by atoms with Gasteiger partial charge in [0.1, 0.15) is 15.2 Å². The number of halogens is 1. The van der Waals surface area contributed by atoms with Crippen LogP contribution < -0.4 is 10.9 Å². The Bertz CT molecular complexity index is 547. The van der Waals surface area contributed by atoms with Gasteiger partial charge in [-0.05, 0) is 22.6 Å². The van der Waals surface area contributed by atoms with Crippen LogP contribution in [0.15, 0.2) is 23.5 Å². The van der Waals surface area contributed by atoms with Gasteiger partial charge in [-0.1, -0.05) is 0 Å². The van der Waals surface area contributed by atoms with Crippen LogP contribution in [0.5, 0.6) is 0 Å². The third kappa shape index (κ3) is 2.23. The number of aromatic amines is 1. The lowest BCUT2D eigenvalue weighted by atomic mass is 10.5. The van der Waals surface area contributed by atoms with E-state index in [4.69, 9.17) is 0 Å². The summed E-state index contributed by atoms with van der Waals surface area (Å²) in [7, 11) is 1.92. The van der Waals surface area contributed by atoms with Crippen molar-refractivity contribution >= 4 is 28.4 Å². The Balaban J connectivity index is 2.14. The molecule has 0 radical (unpaired) electrons. The Hall–Kier alpha value is -1.38. The van der Waals surface area contributed by atoms with E-state index in [1.807, 2.05) is 40.4 Å². The number of anilines is 1. The first-order valence-electron chi connectivity index (χ1n) is 4.61. The normalized spacial score (nSPS) is 10.4. The molecule has 0 fully saturated rings. The third-order valence-electron chi connectivity index (χ3n) is 2.13. The molecule has 0 aliphatic carbocycles. The van der Waals surface area contributed by atoms with Gasteiger partial charge in [-0.25, -0.2) is 9.97 Å². The molecule has 2 rings (SSSR count). The highest BCUT2D eigenvalue weighted by molar-refractivity contribution is 14.1. The summed E-state index contributed by atoms with van der Waals surface area (Å²) in [6, 6.07) is 0. The number of rotatable bonds is 3. The summed E-state index contributed by atoms with van der Waals surface area (Å²) in [4.78, 5) is 22.0. The first-order valence-corrected chi connectivity index (χ1v) is 5.69. The molecule has 84 valence electrons. The topological polar surface area (TPSA) is 75.6 Å². The van der Waals surface area contributed by atoms with Crippen molar-refractivity contribution in [1.82, 2.24) is 19.5 Å². The Morgan fingerprint density at radius 2 is 2.38 bits per heavy atom. The summed E-state index contributed by atoms with van der Waals surface area (Å²) in [5.74, 6) is 1.46. The highest BCUT2D eigenvalue weighted by atomic mass is 127. The lowest BCUT2D eigenvalue weighted by Crippen LogP contribution is -2.15. The van der Waals surface area contributed by atoms with Crippen molar-refractivity contribution in [3.63, 3.8) is 0 Å². The first-order chi connectivity index (χ1) is 7.68. The maximum atomic E-state index is 11.3. The minimum atomic E-state index is -0.141. The second-order valence-electron chi connectivity index (χ2n) is 3.20. The summed E-state index contributed by atoms with van der Waals surface area (Å²) in [5.41, 5.74) is -0.141. The van der Waals surface area contributed by atoms with E-state index in [9.17, 15) is 4.79 Å². The molecule has 0 unspecified atom stereocenters. The molecule has 0 bridgehead atoms. The van der Waals surface area contributed by atoms with E-state index in [1.54, 1.807) is 6.20 Å². The molecule has 2 N–H and O–H groups in total. The van der Waals surface area contributed by atoms with Crippen molar-refractivity contribution < 1.29 is 0 Å². The zero-order valence-corrected chi connectivity index (χ0v) is 10.7. The van der Waals surface area contributed by atoms with Crippen molar-refractivity contribution in [2.75, 3.05) is 5.32 Å². The molecular weight excluding hydrogens is 321 g/mol. The fraction of sp³-hybridized carbons (Fsp3) is 0.222. The standard InChI is InChI=1S/C9H10IN5O/c1-15-3-2-11-6(15)4-12-8-7(10)9(16)14-5-13-8/h2-3,5H,4H2,1H3,(H2,12,13,14,16). The van der Waals surface area contributed by atoms with Crippen LogP contribution in [-0.2, 0) is 13.6 Å². The Kier molecular flexibility index (Phi) is 3.22. The van der Waals surface area contributed by atoms with Gasteiger partial charge in [0.05, 0.1) is 12.9 Å². The lowest BCUT2D eigenvalue weighted by molar-refractivity contribution is 0.809.